The van der Waals surface area contributed by atoms with E-state index in [1.54, 1.807) is 12.1 Å². The summed E-state index contributed by atoms with van der Waals surface area (Å²) < 4.78 is 28.5. The lowest BCUT2D eigenvalue weighted by atomic mass is 10.2. The Balaban J connectivity index is 2.04. The molecule has 0 spiro atoms. The minimum absolute atomic E-state index is 0.0155. The number of carboxylic acid groups (broad SMARTS) is 1. The lowest BCUT2D eigenvalue weighted by molar-refractivity contribution is -0.131. The second kappa shape index (κ2) is 5.97. The van der Waals surface area contributed by atoms with E-state index in [1.807, 2.05) is 4.90 Å². The summed E-state index contributed by atoms with van der Waals surface area (Å²) in [5.74, 6) is -0.981. The molecule has 0 bridgehead atoms. The number of carboxylic acids is 1. The average molecular weight is 271 g/mol. The quantitative estimate of drug-likeness (QED) is 0.894. The van der Waals surface area contributed by atoms with E-state index >= 15 is 0 Å². The van der Waals surface area contributed by atoms with Crippen LogP contribution in [-0.2, 0) is 4.74 Å². The van der Waals surface area contributed by atoms with Gasteiger partial charge < -0.3 is 14.7 Å². The first-order chi connectivity index (χ1) is 9.08. The van der Waals surface area contributed by atoms with Gasteiger partial charge in [-0.25, -0.2) is 4.79 Å². The van der Waals surface area contributed by atoms with Crippen LogP contribution in [-0.4, -0.2) is 36.9 Å². The molecule has 0 amide bonds. The van der Waals surface area contributed by atoms with E-state index in [2.05, 4.69) is 4.74 Å². The first kappa shape index (κ1) is 13.7. The molecule has 1 N–H and O–H groups in total. The standard InChI is InChI=1S/C13H15F2NO3/c14-13(15)19-8-11-2-1-7-16(11)10-5-3-9(4-6-10)12(17)18/h3-6,11,13H,1-2,7-8H2,(H,17,18)/t11-/m0/s1. The molecule has 0 aliphatic carbocycles. The Morgan fingerprint density at radius 2 is 2.11 bits per heavy atom. The van der Waals surface area contributed by atoms with Gasteiger partial charge in [0.1, 0.15) is 0 Å². The lowest BCUT2D eigenvalue weighted by Crippen LogP contribution is -2.33. The van der Waals surface area contributed by atoms with Gasteiger partial charge in [0.15, 0.2) is 0 Å². The van der Waals surface area contributed by atoms with Crippen molar-refractivity contribution in [1.29, 1.82) is 0 Å². The molecule has 6 heteroatoms. The van der Waals surface area contributed by atoms with Crippen LogP contribution in [0.15, 0.2) is 24.3 Å². The maximum atomic E-state index is 12.1. The summed E-state index contributed by atoms with van der Waals surface area (Å²) in [6.07, 6.45) is 1.71. The number of benzene rings is 1. The highest BCUT2D eigenvalue weighted by Crippen LogP contribution is 2.26. The van der Waals surface area contributed by atoms with E-state index in [1.165, 1.54) is 12.1 Å². The molecular weight excluding hydrogens is 256 g/mol. The summed E-state index contributed by atoms with van der Waals surface area (Å²) >= 11 is 0. The smallest absolute Gasteiger partial charge is 0.345 e. The maximum absolute atomic E-state index is 12.1. The molecule has 1 heterocycles. The van der Waals surface area contributed by atoms with Crippen molar-refractivity contribution in [2.45, 2.75) is 25.5 Å². The predicted molar refractivity (Wildman–Crippen MR) is 65.7 cm³/mol. The number of rotatable bonds is 5. The van der Waals surface area contributed by atoms with E-state index in [0.29, 0.717) is 0 Å². The minimum Gasteiger partial charge on any atom is -0.478 e. The summed E-state index contributed by atoms with van der Waals surface area (Å²) in [6, 6.07) is 6.35. The van der Waals surface area contributed by atoms with Crippen LogP contribution in [0.4, 0.5) is 14.5 Å². The third-order valence-corrected chi connectivity index (χ3v) is 3.24. The third-order valence-electron chi connectivity index (χ3n) is 3.24. The average Bonchev–Trinajstić information content (AvgIpc) is 2.84. The van der Waals surface area contributed by atoms with E-state index in [9.17, 15) is 13.6 Å². The molecule has 1 saturated heterocycles. The molecule has 1 fully saturated rings. The molecule has 1 aliphatic rings. The van der Waals surface area contributed by atoms with Gasteiger partial charge in [-0.3, -0.25) is 0 Å². The molecule has 0 radical (unpaired) electrons. The highest BCUT2D eigenvalue weighted by molar-refractivity contribution is 5.88. The molecule has 0 saturated carbocycles. The Bertz CT molecular complexity index is 436. The molecule has 104 valence electrons. The van der Waals surface area contributed by atoms with E-state index in [-0.39, 0.29) is 18.2 Å². The van der Waals surface area contributed by atoms with Crippen LogP contribution in [0.1, 0.15) is 23.2 Å². The van der Waals surface area contributed by atoms with E-state index < -0.39 is 12.6 Å². The highest BCUT2D eigenvalue weighted by Gasteiger charge is 2.26. The summed E-state index contributed by atoms with van der Waals surface area (Å²) in [7, 11) is 0. The van der Waals surface area contributed by atoms with Gasteiger partial charge in [0, 0.05) is 12.2 Å². The normalized spacial score (nSPS) is 19.1. The number of ether oxygens (including phenoxy) is 1. The number of alkyl halides is 2. The number of hydrogen-bond donors (Lipinski definition) is 1. The zero-order valence-corrected chi connectivity index (χ0v) is 10.3. The maximum Gasteiger partial charge on any atom is 0.345 e. The molecule has 1 atom stereocenters. The molecule has 4 nitrogen and oxygen atoms in total. The number of nitrogens with zero attached hydrogens (tertiary/aromatic N) is 1. The highest BCUT2D eigenvalue weighted by atomic mass is 19.3. The van der Waals surface area contributed by atoms with Crippen molar-refractivity contribution in [2.75, 3.05) is 18.1 Å². The van der Waals surface area contributed by atoms with Gasteiger partial charge in [-0.2, -0.15) is 8.78 Å². The third kappa shape index (κ3) is 3.41. The van der Waals surface area contributed by atoms with Crippen LogP contribution < -0.4 is 4.90 Å². The summed E-state index contributed by atoms with van der Waals surface area (Å²) in [4.78, 5) is 12.7. The van der Waals surface area contributed by atoms with Crippen LogP contribution in [0.2, 0.25) is 0 Å². The van der Waals surface area contributed by atoms with Crippen LogP contribution >= 0.6 is 0 Å². The first-order valence-corrected chi connectivity index (χ1v) is 6.07. The molecule has 19 heavy (non-hydrogen) atoms. The van der Waals surface area contributed by atoms with Gasteiger partial charge in [0.25, 0.3) is 0 Å². The van der Waals surface area contributed by atoms with Crippen molar-refractivity contribution >= 4 is 11.7 Å². The van der Waals surface area contributed by atoms with Crippen LogP contribution in [0.5, 0.6) is 0 Å². The minimum atomic E-state index is -2.75. The molecule has 0 unspecified atom stereocenters. The topological polar surface area (TPSA) is 49.8 Å². The SMILES string of the molecule is O=C(O)c1ccc(N2CCC[C@H]2COC(F)F)cc1. The van der Waals surface area contributed by atoms with Crippen LogP contribution in [0, 0.1) is 0 Å². The number of halogens is 2. The van der Waals surface area contributed by atoms with Crippen molar-refractivity contribution in [3.05, 3.63) is 29.8 Å². The van der Waals surface area contributed by atoms with Gasteiger partial charge in [-0.1, -0.05) is 0 Å². The van der Waals surface area contributed by atoms with Crippen molar-refractivity contribution < 1.29 is 23.4 Å². The van der Waals surface area contributed by atoms with Crippen LogP contribution in [0.3, 0.4) is 0 Å². The molecular formula is C13H15F2NO3. The van der Waals surface area contributed by atoms with E-state index in [0.717, 1.165) is 25.1 Å². The van der Waals surface area contributed by atoms with Gasteiger partial charge in [0.2, 0.25) is 0 Å². The Kier molecular flexibility index (Phi) is 4.31. The largest absolute Gasteiger partial charge is 0.478 e. The van der Waals surface area contributed by atoms with E-state index in [4.69, 9.17) is 5.11 Å². The van der Waals surface area contributed by atoms with Crippen molar-refractivity contribution in [1.82, 2.24) is 0 Å². The molecule has 1 aliphatic heterocycles. The Morgan fingerprint density at radius 1 is 1.42 bits per heavy atom. The Hall–Kier alpha value is -1.69. The molecule has 2 rings (SSSR count). The zero-order chi connectivity index (χ0) is 13.8. The molecule has 1 aromatic carbocycles. The van der Waals surface area contributed by atoms with Crippen molar-refractivity contribution in [2.24, 2.45) is 0 Å². The first-order valence-electron chi connectivity index (χ1n) is 6.07. The lowest BCUT2D eigenvalue weighted by Gasteiger charge is -2.26. The fourth-order valence-electron chi connectivity index (χ4n) is 2.33. The van der Waals surface area contributed by atoms with Crippen molar-refractivity contribution in [3.8, 4) is 0 Å². The Labute approximate surface area is 109 Å². The predicted octanol–water partition coefficient (Wildman–Crippen LogP) is 2.59. The summed E-state index contributed by atoms with van der Waals surface area (Å²) in [5.41, 5.74) is 1.05. The fraction of sp³-hybridized carbons (Fsp3) is 0.462. The van der Waals surface area contributed by atoms with Gasteiger partial charge in [-0.15, -0.1) is 0 Å². The Morgan fingerprint density at radius 3 is 2.68 bits per heavy atom. The summed E-state index contributed by atoms with van der Waals surface area (Å²) in [5, 5.41) is 8.82. The fourth-order valence-corrected chi connectivity index (χ4v) is 2.33. The monoisotopic (exact) mass is 271 g/mol. The van der Waals surface area contributed by atoms with Gasteiger partial charge >= 0.3 is 12.6 Å². The second-order valence-corrected chi connectivity index (χ2v) is 4.44. The number of hydrogen-bond acceptors (Lipinski definition) is 3. The van der Waals surface area contributed by atoms with Gasteiger partial charge in [0.05, 0.1) is 18.2 Å². The summed E-state index contributed by atoms with van der Waals surface area (Å²) in [6.45, 7) is -2.00. The second-order valence-electron chi connectivity index (χ2n) is 4.44. The molecule has 0 aromatic heterocycles. The van der Waals surface area contributed by atoms with Crippen molar-refractivity contribution in [3.63, 3.8) is 0 Å². The van der Waals surface area contributed by atoms with Gasteiger partial charge in [-0.05, 0) is 37.1 Å². The zero-order valence-electron chi connectivity index (χ0n) is 10.3. The number of anilines is 1. The molecule has 1 aromatic rings. The number of carbonyl (C=O) groups is 1. The van der Waals surface area contributed by atoms with Crippen LogP contribution in [0.25, 0.3) is 0 Å². The number of aromatic carboxylic acids is 1.